The highest BCUT2D eigenvalue weighted by Crippen LogP contribution is 2.42. The molecule has 0 aliphatic carbocycles. The highest BCUT2D eigenvalue weighted by molar-refractivity contribution is 9.11. The van der Waals surface area contributed by atoms with E-state index in [0.717, 1.165) is 51.3 Å². The standard InChI is InChI=1S/C18H18Br4O2/c1-7-13(19)9(3)17(23)11(15(7)21)5-6-12-16(22)8(2)14(20)10(4)18(12)24/h23-24H,5-6H2,1-4H3. The second kappa shape index (κ2) is 7.68. The highest BCUT2D eigenvalue weighted by atomic mass is 79.9. The Kier molecular flexibility index (Phi) is 6.49. The smallest absolute Gasteiger partial charge is 0.123 e. The molecule has 6 heteroatoms. The van der Waals surface area contributed by atoms with Crippen LogP contribution in [0, 0.1) is 27.7 Å². The molecule has 0 saturated carbocycles. The Morgan fingerprint density at radius 2 is 0.833 bits per heavy atom. The second-order valence-corrected chi connectivity index (χ2v) is 9.08. The van der Waals surface area contributed by atoms with Crippen LogP contribution in [0.25, 0.3) is 0 Å². The molecular formula is C18H18Br4O2. The summed E-state index contributed by atoms with van der Waals surface area (Å²) in [4.78, 5) is 0. The van der Waals surface area contributed by atoms with Crippen LogP contribution in [0.1, 0.15) is 33.4 Å². The zero-order valence-electron chi connectivity index (χ0n) is 13.8. The molecule has 2 nitrogen and oxygen atoms in total. The third kappa shape index (κ3) is 3.44. The summed E-state index contributed by atoms with van der Waals surface area (Å²) in [7, 11) is 0. The molecule has 2 aromatic carbocycles. The van der Waals surface area contributed by atoms with E-state index in [2.05, 4.69) is 63.7 Å². The van der Waals surface area contributed by atoms with Gasteiger partial charge in [-0.05, 0) is 51.7 Å². The van der Waals surface area contributed by atoms with Crippen molar-refractivity contribution in [3.63, 3.8) is 0 Å². The van der Waals surface area contributed by atoms with Crippen LogP contribution in [0.2, 0.25) is 0 Å². The zero-order chi connectivity index (χ0) is 18.3. The van der Waals surface area contributed by atoms with Crippen LogP contribution in [0.5, 0.6) is 11.5 Å². The van der Waals surface area contributed by atoms with E-state index in [1.807, 2.05) is 27.7 Å². The summed E-state index contributed by atoms with van der Waals surface area (Å²) in [5.41, 5.74) is 5.50. The minimum Gasteiger partial charge on any atom is -0.507 e. The molecule has 0 fully saturated rings. The highest BCUT2D eigenvalue weighted by Gasteiger charge is 2.20. The molecule has 24 heavy (non-hydrogen) atoms. The Balaban J connectivity index is 2.48. The quantitative estimate of drug-likeness (QED) is 0.401. The number of halogens is 4. The summed E-state index contributed by atoms with van der Waals surface area (Å²) in [6, 6.07) is 0. The predicted molar refractivity (Wildman–Crippen MR) is 113 cm³/mol. The van der Waals surface area contributed by atoms with Gasteiger partial charge in [0.2, 0.25) is 0 Å². The molecule has 0 bridgehead atoms. The first-order valence-electron chi connectivity index (χ1n) is 7.41. The van der Waals surface area contributed by atoms with Crippen LogP contribution >= 0.6 is 63.7 Å². The number of phenols is 2. The molecule has 130 valence electrons. The molecule has 0 aliphatic rings. The van der Waals surface area contributed by atoms with Crippen molar-refractivity contribution in [2.75, 3.05) is 0 Å². The molecule has 0 atom stereocenters. The Hall–Kier alpha value is -0.0400. The SMILES string of the molecule is Cc1c(O)c(CCc2c(O)c(C)c(Br)c(C)c2Br)c(Br)c(C)c1Br. The van der Waals surface area contributed by atoms with Gasteiger partial charge >= 0.3 is 0 Å². The fraction of sp³-hybridized carbons (Fsp3) is 0.333. The Labute approximate surface area is 176 Å². The van der Waals surface area contributed by atoms with Gasteiger partial charge in [0.05, 0.1) is 0 Å². The van der Waals surface area contributed by atoms with E-state index in [9.17, 15) is 10.2 Å². The Morgan fingerprint density at radius 3 is 1.12 bits per heavy atom. The monoisotopic (exact) mass is 582 g/mol. The molecule has 0 amide bonds. The van der Waals surface area contributed by atoms with Gasteiger partial charge in [0, 0.05) is 40.1 Å². The van der Waals surface area contributed by atoms with Crippen molar-refractivity contribution in [2.45, 2.75) is 40.5 Å². The maximum atomic E-state index is 10.5. The van der Waals surface area contributed by atoms with Gasteiger partial charge in [-0.2, -0.15) is 0 Å². The van der Waals surface area contributed by atoms with Crippen molar-refractivity contribution in [3.8, 4) is 11.5 Å². The largest absolute Gasteiger partial charge is 0.507 e. The van der Waals surface area contributed by atoms with Crippen molar-refractivity contribution >= 4 is 63.7 Å². The summed E-state index contributed by atoms with van der Waals surface area (Å²) in [5.74, 6) is 0.584. The number of rotatable bonds is 3. The molecule has 2 N–H and O–H groups in total. The first-order chi connectivity index (χ1) is 11.1. The predicted octanol–water partition coefficient (Wildman–Crippen LogP) is 7.17. The third-order valence-electron chi connectivity index (χ3n) is 4.41. The molecule has 0 aliphatic heterocycles. The van der Waals surface area contributed by atoms with Gasteiger partial charge in [-0.3, -0.25) is 0 Å². The van der Waals surface area contributed by atoms with E-state index in [-0.39, 0.29) is 0 Å². The van der Waals surface area contributed by atoms with E-state index in [0.29, 0.717) is 24.3 Å². The summed E-state index contributed by atoms with van der Waals surface area (Å²) in [5, 5.41) is 21.0. The normalized spacial score (nSPS) is 11.2. The third-order valence-corrected chi connectivity index (χ3v) is 8.94. The Bertz CT molecular complexity index is 701. The Morgan fingerprint density at radius 1 is 0.542 bits per heavy atom. The first kappa shape index (κ1) is 20.3. The van der Waals surface area contributed by atoms with Crippen molar-refractivity contribution < 1.29 is 10.2 Å². The lowest BCUT2D eigenvalue weighted by atomic mass is 9.96. The van der Waals surface area contributed by atoms with Gasteiger partial charge in [-0.15, -0.1) is 0 Å². The fourth-order valence-corrected chi connectivity index (χ4v) is 5.26. The van der Waals surface area contributed by atoms with Crippen molar-refractivity contribution in [3.05, 3.63) is 51.3 Å². The minimum atomic E-state index is 0.292. The van der Waals surface area contributed by atoms with Crippen LogP contribution in [0.4, 0.5) is 0 Å². The molecular weight excluding hydrogens is 568 g/mol. The second-order valence-electron chi connectivity index (χ2n) is 5.91. The van der Waals surface area contributed by atoms with E-state index < -0.39 is 0 Å². The minimum absolute atomic E-state index is 0.292. The molecule has 2 rings (SSSR count). The average molecular weight is 586 g/mol. The van der Waals surface area contributed by atoms with Crippen molar-refractivity contribution in [2.24, 2.45) is 0 Å². The lowest BCUT2D eigenvalue weighted by molar-refractivity contribution is 0.456. The topological polar surface area (TPSA) is 40.5 Å². The number of hydrogen-bond donors (Lipinski definition) is 2. The lowest BCUT2D eigenvalue weighted by Gasteiger charge is -2.18. The van der Waals surface area contributed by atoms with E-state index in [1.54, 1.807) is 0 Å². The molecule has 0 aromatic heterocycles. The fourth-order valence-electron chi connectivity index (χ4n) is 2.78. The van der Waals surface area contributed by atoms with E-state index in [4.69, 9.17) is 0 Å². The molecule has 0 unspecified atom stereocenters. The number of hydrogen-bond acceptors (Lipinski definition) is 2. The van der Waals surface area contributed by atoms with Gasteiger partial charge in [-0.1, -0.05) is 63.7 Å². The summed E-state index contributed by atoms with van der Waals surface area (Å²) in [6.07, 6.45) is 1.24. The molecule has 0 radical (unpaired) electrons. The lowest BCUT2D eigenvalue weighted by Crippen LogP contribution is -2.01. The van der Waals surface area contributed by atoms with E-state index >= 15 is 0 Å². The van der Waals surface area contributed by atoms with Crippen molar-refractivity contribution in [1.82, 2.24) is 0 Å². The van der Waals surface area contributed by atoms with Crippen molar-refractivity contribution in [1.29, 1.82) is 0 Å². The molecule has 0 saturated heterocycles. The average Bonchev–Trinajstić information content (AvgIpc) is 2.57. The summed E-state index contributed by atoms with van der Waals surface area (Å²) < 4.78 is 3.63. The van der Waals surface area contributed by atoms with Crippen LogP contribution in [0.15, 0.2) is 17.9 Å². The van der Waals surface area contributed by atoms with Gasteiger partial charge in [0.1, 0.15) is 11.5 Å². The molecule has 0 spiro atoms. The van der Waals surface area contributed by atoms with Gasteiger partial charge < -0.3 is 10.2 Å². The van der Waals surface area contributed by atoms with Gasteiger partial charge in [0.25, 0.3) is 0 Å². The van der Waals surface area contributed by atoms with Crippen LogP contribution in [0.3, 0.4) is 0 Å². The summed E-state index contributed by atoms with van der Waals surface area (Å²) in [6.45, 7) is 7.80. The maximum absolute atomic E-state index is 10.5. The van der Waals surface area contributed by atoms with Crippen LogP contribution in [-0.4, -0.2) is 10.2 Å². The van der Waals surface area contributed by atoms with Gasteiger partial charge in [-0.25, -0.2) is 0 Å². The number of benzene rings is 2. The van der Waals surface area contributed by atoms with Gasteiger partial charge in [0.15, 0.2) is 0 Å². The summed E-state index contributed by atoms with van der Waals surface area (Å²) >= 11 is 14.2. The maximum Gasteiger partial charge on any atom is 0.123 e. The number of phenolic OH excluding ortho intramolecular Hbond substituents is 2. The molecule has 0 heterocycles. The first-order valence-corrected chi connectivity index (χ1v) is 10.6. The number of aromatic hydroxyl groups is 2. The zero-order valence-corrected chi connectivity index (χ0v) is 20.2. The van der Waals surface area contributed by atoms with E-state index in [1.165, 1.54) is 0 Å². The van der Waals surface area contributed by atoms with Crippen LogP contribution < -0.4 is 0 Å². The van der Waals surface area contributed by atoms with Crippen LogP contribution in [-0.2, 0) is 12.8 Å². The molecule has 2 aromatic rings.